The molecule has 0 aromatic carbocycles. The average molecular weight is 194 g/mol. The first-order valence-electron chi connectivity index (χ1n) is 4.84. The van der Waals surface area contributed by atoms with Crippen molar-refractivity contribution in [1.82, 2.24) is 9.80 Å². The Morgan fingerprint density at radius 3 is 1.43 bits per heavy atom. The maximum atomic E-state index is 11.6. The predicted octanol–water partition coefficient (Wildman–Crippen LogP) is 0.00720. The van der Waals surface area contributed by atoms with Crippen molar-refractivity contribution in [1.29, 1.82) is 0 Å². The lowest BCUT2D eigenvalue weighted by Gasteiger charge is -2.18. The Morgan fingerprint density at radius 2 is 1.21 bits per heavy atom. The van der Waals surface area contributed by atoms with Crippen LogP contribution in [0.4, 0.5) is 0 Å². The highest BCUT2D eigenvalue weighted by molar-refractivity contribution is 6.07. The summed E-state index contributed by atoms with van der Waals surface area (Å²) in [5, 5.41) is 0. The molecule has 0 aromatic heterocycles. The van der Waals surface area contributed by atoms with Gasteiger partial charge in [-0.1, -0.05) is 0 Å². The molecule has 0 radical (unpaired) electrons. The number of ketones is 2. The van der Waals surface area contributed by atoms with Crippen LogP contribution in [0.2, 0.25) is 0 Å². The highest BCUT2D eigenvalue weighted by Crippen LogP contribution is 2.25. The third kappa shape index (κ3) is 1.22. The van der Waals surface area contributed by atoms with Gasteiger partial charge < -0.3 is 9.80 Å². The molecule has 76 valence electrons. The number of nitrogens with zero attached hydrogens (tertiary/aromatic N) is 2. The van der Waals surface area contributed by atoms with Crippen molar-refractivity contribution in [2.75, 3.05) is 27.2 Å². The largest absolute Gasteiger partial charge is 0.369 e. The maximum absolute atomic E-state index is 11.6. The number of likely N-dealkylation sites (N-methyl/N-ethyl adjacent to an activating group) is 2. The van der Waals surface area contributed by atoms with Gasteiger partial charge in [-0.25, -0.2) is 0 Å². The molecule has 2 saturated heterocycles. The van der Waals surface area contributed by atoms with Gasteiger partial charge >= 0.3 is 0 Å². The molecule has 0 amide bonds. The van der Waals surface area contributed by atoms with Gasteiger partial charge in [-0.2, -0.15) is 0 Å². The van der Waals surface area contributed by atoms with E-state index in [1.165, 1.54) is 0 Å². The van der Waals surface area contributed by atoms with Gasteiger partial charge in [0.15, 0.2) is 11.6 Å². The first-order chi connectivity index (χ1) is 6.61. The summed E-state index contributed by atoms with van der Waals surface area (Å²) in [7, 11) is 3.74. The van der Waals surface area contributed by atoms with Crippen LogP contribution in [-0.4, -0.2) is 48.6 Å². The summed E-state index contributed by atoms with van der Waals surface area (Å²) < 4.78 is 0. The molecule has 0 spiro atoms. The summed E-state index contributed by atoms with van der Waals surface area (Å²) in [5.74, 6) is 0.203. The molecule has 0 bridgehead atoms. The Bertz CT molecular complexity index is 301. The molecule has 2 heterocycles. The molecule has 2 aliphatic heterocycles. The van der Waals surface area contributed by atoms with E-state index >= 15 is 0 Å². The Hall–Kier alpha value is -1.32. The molecule has 0 saturated carbocycles. The Morgan fingerprint density at radius 1 is 0.857 bits per heavy atom. The van der Waals surface area contributed by atoms with Crippen molar-refractivity contribution >= 4 is 11.6 Å². The number of Topliss-reactive ketones (excluding diaryl/α,β-unsaturated/α-hetero) is 2. The molecule has 0 aromatic rings. The van der Waals surface area contributed by atoms with E-state index in [4.69, 9.17) is 0 Å². The van der Waals surface area contributed by atoms with Gasteiger partial charge in [-0.15, -0.1) is 0 Å². The number of carbonyl (C=O) groups is 2. The minimum atomic E-state index is 0.101. The van der Waals surface area contributed by atoms with E-state index in [9.17, 15) is 9.59 Å². The molecule has 14 heavy (non-hydrogen) atoms. The third-order valence-electron chi connectivity index (χ3n) is 2.86. The fourth-order valence-electron chi connectivity index (χ4n) is 2.05. The molecule has 0 N–H and O–H groups in total. The number of likely N-dealkylation sites (tertiary alicyclic amines) is 2. The lowest BCUT2D eigenvalue weighted by Crippen LogP contribution is -2.23. The number of hydrogen-bond donors (Lipinski definition) is 0. The summed E-state index contributed by atoms with van der Waals surface area (Å²) in [6, 6.07) is 0. The molecule has 2 aliphatic rings. The van der Waals surface area contributed by atoms with Crippen molar-refractivity contribution in [3.05, 3.63) is 11.4 Å². The molecule has 4 nitrogen and oxygen atoms in total. The Kier molecular flexibility index (Phi) is 2.06. The predicted molar refractivity (Wildman–Crippen MR) is 51.5 cm³/mol. The molecular weight excluding hydrogens is 180 g/mol. The zero-order valence-electron chi connectivity index (χ0n) is 8.54. The fourth-order valence-corrected chi connectivity index (χ4v) is 2.05. The Labute approximate surface area is 83.2 Å². The smallest absolute Gasteiger partial charge is 0.182 e. The summed E-state index contributed by atoms with van der Waals surface area (Å²) in [4.78, 5) is 26.9. The molecular formula is C10H14N2O2. The van der Waals surface area contributed by atoms with Crippen LogP contribution >= 0.6 is 0 Å². The molecule has 0 unspecified atom stereocenters. The molecule has 0 aliphatic carbocycles. The zero-order valence-corrected chi connectivity index (χ0v) is 8.54. The summed E-state index contributed by atoms with van der Waals surface area (Å²) >= 11 is 0. The lowest BCUT2D eigenvalue weighted by molar-refractivity contribution is -0.117. The number of rotatable bonds is 0. The van der Waals surface area contributed by atoms with Crippen LogP contribution in [0.15, 0.2) is 11.4 Å². The van der Waals surface area contributed by atoms with Crippen LogP contribution in [0.3, 0.4) is 0 Å². The van der Waals surface area contributed by atoms with E-state index in [1.807, 2.05) is 23.9 Å². The number of hydrogen-bond acceptors (Lipinski definition) is 4. The van der Waals surface area contributed by atoms with Crippen molar-refractivity contribution in [3.8, 4) is 0 Å². The van der Waals surface area contributed by atoms with E-state index < -0.39 is 0 Å². The van der Waals surface area contributed by atoms with Crippen molar-refractivity contribution in [3.63, 3.8) is 0 Å². The summed E-state index contributed by atoms with van der Waals surface area (Å²) in [6.45, 7) is 1.47. The standard InChI is InChI=1S/C10H14N2O2/c1-11-5-3-7(13)9(11)10-8(14)4-6-12(10)2/h3-6H2,1-2H3/b10-9+. The van der Waals surface area contributed by atoms with E-state index in [2.05, 4.69) is 0 Å². The molecule has 2 fully saturated rings. The van der Waals surface area contributed by atoms with Gasteiger partial charge in [-0.3, -0.25) is 9.59 Å². The van der Waals surface area contributed by atoms with E-state index in [0.29, 0.717) is 24.2 Å². The second-order valence-electron chi connectivity index (χ2n) is 3.89. The quantitative estimate of drug-likeness (QED) is 0.509. The molecule has 4 heteroatoms. The van der Waals surface area contributed by atoms with Crippen LogP contribution < -0.4 is 0 Å². The first-order valence-corrected chi connectivity index (χ1v) is 4.84. The van der Waals surface area contributed by atoms with Crippen molar-refractivity contribution in [2.24, 2.45) is 0 Å². The van der Waals surface area contributed by atoms with Crippen LogP contribution in [-0.2, 0) is 9.59 Å². The fraction of sp³-hybridized carbons (Fsp3) is 0.600. The van der Waals surface area contributed by atoms with Crippen LogP contribution in [0.1, 0.15) is 12.8 Å². The van der Waals surface area contributed by atoms with Gasteiger partial charge in [0.25, 0.3) is 0 Å². The van der Waals surface area contributed by atoms with Crippen LogP contribution in [0, 0.1) is 0 Å². The molecule has 0 atom stereocenters. The van der Waals surface area contributed by atoms with Crippen LogP contribution in [0.25, 0.3) is 0 Å². The van der Waals surface area contributed by atoms with E-state index in [-0.39, 0.29) is 11.6 Å². The van der Waals surface area contributed by atoms with E-state index in [1.54, 1.807) is 0 Å². The summed E-state index contributed by atoms with van der Waals surface area (Å²) in [6.07, 6.45) is 1.08. The monoisotopic (exact) mass is 194 g/mol. The second kappa shape index (κ2) is 3.12. The Balaban J connectivity index is 2.46. The number of carbonyl (C=O) groups excluding carboxylic acids is 2. The van der Waals surface area contributed by atoms with Gasteiger partial charge in [0.05, 0.1) is 0 Å². The minimum absolute atomic E-state index is 0.101. The summed E-state index contributed by atoms with van der Waals surface area (Å²) in [5.41, 5.74) is 1.24. The third-order valence-corrected chi connectivity index (χ3v) is 2.86. The van der Waals surface area contributed by atoms with Crippen molar-refractivity contribution in [2.45, 2.75) is 12.8 Å². The highest BCUT2D eigenvalue weighted by Gasteiger charge is 2.33. The number of allylic oxidation sites excluding steroid dienone is 2. The SMILES string of the molecule is CN1CCC(=O)/C1=C1/C(=O)CCN1C. The van der Waals surface area contributed by atoms with Crippen molar-refractivity contribution < 1.29 is 9.59 Å². The van der Waals surface area contributed by atoms with E-state index in [0.717, 1.165) is 13.1 Å². The lowest BCUT2D eigenvalue weighted by atomic mass is 10.2. The van der Waals surface area contributed by atoms with Crippen LogP contribution in [0.5, 0.6) is 0 Å². The van der Waals surface area contributed by atoms with Gasteiger partial charge in [0.1, 0.15) is 11.4 Å². The van der Waals surface area contributed by atoms with Gasteiger partial charge in [-0.05, 0) is 0 Å². The zero-order chi connectivity index (χ0) is 10.3. The molecule has 2 rings (SSSR count). The second-order valence-corrected chi connectivity index (χ2v) is 3.89. The first kappa shape index (κ1) is 9.24. The topological polar surface area (TPSA) is 40.6 Å². The maximum Gasteiger partial charge on any atom is 0.182 e. The average Bonchev–Trinajstić information content (AvgIpc) is 2.60. The van der Waals surface area contributed by atoms with Gasteiger partial charge in [0.2, 0.25) is 0 Å². The van der Waals surface area contributed by atoms with Gasteiger partial charge in [0, 0.05) is 40.0 Å². The normalized spacial score (nSPS) is 28.1. The highest BCUT2D eigenvalue weighted by atomic mass is 16.1. The minimum Gasteiger partial charge on any atom is -0.369 e.